The van der Waals surface area contributed by atoms with Gasteiger partial charge in [-0.2, -0.15) is 5.11 Å². The van der Waals surface area contributed by atoms with Gasteiger partial charge in [-0.05, 0) is 55.3 Å². The first kappa shape index (κ1) is 19.3. The Morgan fingerprint density at radius 2 is 1.83 bits per heavy atom. The van der Waals surface area contributed by atoms with E-state index in [9.17, 15) is 14.4 Å². The van der Waals surface area contributed by atoms with E-state index in [0.29, 0.717) is 11.4 Å². The quantitative estimate of drug-likeness (QED) is 0.716. The highest BCUT2D eigenvalue weighted by Crippen LogP contribution is 2.32. The van der Waals surface area contributed by atoms with Crippen LogP contribution in [0.2, 0.25) is 0 Å². The number of hydrogen-bond acceptors (Lipinski definition) is 6. The summed E-state index contributed by atoms with van der Waals surface area (Å²) in [5.41, 5.74) is 3.20. The minimum atomic E-state index is -0.931. The Hall–Kier alpha value is -3.07. The lowest BCUT2D eigenvalue weighted by Gasteiger charge is -2.20. The second-order valence-corrected chi connectivity index (χ2v) is 7.89. The van der Waals surface area contributed by atoms with Gasteiger partial charge >= 0.3 is 0 Å². The summed E-state index contributed by atoms with van der Waals surface area (Å²) < 4.78 is 0.838. The van der Waals surface area contributed by atoms with Crippen LogP contribution in [0.25, 0.3) is 0 Å². The maximum atomic E-state index is 12.9. The second kappa shape index (κ2) is 7.40. The average molecular weight is 456 g/mol. The number of benzene rings is 2. The molecule has 1 saturated heterocycles. The van der Waals surface area contributed by atoms with Gasteiger partial charge in [-0.3, -0.25) is 19.4 Å². The third-order valence-electron chi connectivity index (χ3n) is 5.13. The summed E-state index contributed by atoms with van der Waals surface area (Å²) in [7, 11) is 0. The average Bonchev–Trinajstić information content (AvgIpc) is 3.20. The fourth-order valence-electron chi connectivity index (χ4n) is 3.42. The lowest BCUT2D eigenvalue weighted by Crippen LogP contribution is -2.43. The number of aryl methyl sites for hydroxylation is 1. The number of rotatable bonds is 4. The third kappa shape index (κ3) is 3.42. The minimum absolute atomic E-state index is 0.175. The fourth-order valence-corrected chi connectivity index (χ4v) is 3.69. The summed E-state index contributed by atoms with van der Waals surface area (Å²) in [6, 6.07) is 10.7. The van der Waals surface area contributed by atoms with E-state index in [0.717, 1.165) is 20.5 Å². The number of halogens is 1. The molecular weight excluding hydrogens is 438 g/mol. The van der Waals surface area contributed by atoms with Gasteiger partial charge in [0.15, 0.2) is 12.1 Å². The van der Waals surface area contributed by atoms with Gasteiger partial charge in [0.2, 0.25) is 5.91 Å². The topological polar surface area (TPSA) is 94.4 Å². The molecule has 0 radical (unpaired) electrons. The van der Waals surface area contributed by atoms with Crippen molar-refractivity contribution in [1.29, 1.82) is 0 Å². The van der Waals surface area contributed by atoms with Crippen LogP contribution in [0, 0.1) is 13.8 Å². The standard InChI is InChI=1S/C20H18BrN5O3/c1-11-4-3-5-15(12(11)2)22-16(27)10-25-18-17(23-24-25)19(28)26(20(18)29)14-8-6-13(21)7-9-14/h3-9,17-18H,10H2,1-2H3,(H,22,27). The van der Waals surface area contributed by atoms with E-state index in [2.05, 4.69) is 31.6 Å². The zero-order valence-corrected chi connectivity index (χ0v) is 17.4. The van der Waals surface area contributed by atoms with Crippen molar-refractivity contribution in [2.24, 2.45) is 10.3 Å². The first-order valence-electron chi connectivity index (χ1n) is 9.03. The summed E-state index contributed by atoms with van der Waals surface area (Å²) >= 11 is 3.33. The van der Waals surface area contributed by atoms with E-state index < -0.39 is 23.9 Å². The normalized spacial score (nSPS) is 20.4. The van der Waals surface area contributed by atoms with Crippen molar-refractivity contribution in [3.05, 3.63) is 58.1 Å². The second-order valence-electron chi connectivity index (χ2n) is 6.98. The van der Waals surface area contributed by atoms with E-state index in [1.54, 1.807) is 24.3 Å². The summed E-state index contributed by atoms with van der Waals surface area (Å²) in [6.45, 7) is 3.71. The summed E-state index contributed by atoms with van der Waals surface area (Å²) in [6.07, 6.45) is 0. The smallest absolute Gasteiger partial charge is 0.263 e. The van der Waals surface area contributed by atoms with Crippen LogP contribution >= 0.6 is 15.9 Å². The van der Waals surface area contributed by atoms with Crippen LogP contribution in [0.3, 0.4) is 0 Å². The number of amides is 3. The summed E-state index contributed by atoms with van der Waals surface area (Å²) in [5, 5.41) is 12.0. The van der Waals surface area contributed by atoms with Crippen molar-refractivity contribution in [2.45, 2.75) is 25.9 Å². The number of nitrogens with one attached hydrogen (secondary N) is 1. The SMILES string of the molecule is Cc1cccc(NC(=O)CN2N=NC3C(=O)N(c4ccc(Br)cc4)C(=O)C32)c1C. The lowest BCUT2D eigenvalue weighted by atomic mass is 10.1. The largest absolute Gasteiger partial charge is 0.324 e. The molecule has 2 heterocycles. The molecule has 1 N–H and O–H groups in total. The Bertz CT molecular complexity index is 1040. The molecule has 2 atom stereocenters. The molecule has 0 saturated carbocycles. The fraction of sp³-hybridized carbons (Fsp3) is 0.250. The van der Waals surface area contributed by atoms with E-state index in [-0.39, 0.29) is 12.5 Å². The molecule has 9 heteroatoms. The molecule has 2 aromatic rings. The highest BCUT2D eigenvalue weighted by atomic mass is 79.9. The minimum Gasteiger partial charge on any atom is -0.324 e. The maximum absolute atomic E-state index is 12.9. The van der Waals surface area contributed by atoms with Crippen LogP contribution in [0.4, 0.5) is 11.4 Å². The highest BCUT2D eigenvalue weighted by Gasteiger charge is 2.55. The molecule has 1 fully saturated rings. The molecule has 2 unspecified atom stereocenters. The van der Waals surface area contributed by atoms with Crippen molar-refractivity contribution in [3.8, 4) is 0 Å². The van der Waals surface area contributed by atoms with Gasteiger partial charge in [0.1, 0.15) is 6.54 Å². The van der Waals surface area contributed by atoms with Crippen LogP contribution in [-0.2, 0) is 14.4 Å². The van der Waals surface area contributed by atoms with Crippen LogP contribution in [0.5, 0.6) is 0 Å². The maximum Gasteiger partial charge on any atom is 0.263 e. The Labute approximate surface area is 175 Å². The van der Waals surface area contributed by atoms with Gasteiger partial charge in [-0.15, -0.1) is 0 Å². The predicted molar refractivity (Wildman–Crippen MR) is 110 cm³/mol. The van der Waals surface area contributed by atoms with Crippen molar-refractivity contribution < 1.29 is 14.4 Å². The van der Waals surface area contributed by atoms with Gasteiger partial charge in [0.05, 0.1) is 5.69 Å². The molecule has 29 heavy (non-hydrogen) atoms. The van der Waals surface area contributed by atoms with Crippen molar-refractivity contribution >= 4 is 45.0 Å². The molecule has 0 aromatic heterocycles. The highest BCUT2D eigenvalue weighted by molar-refractivity contribution is 9.10. The van der Waals surface area contributed by atoms with Gasteiger partial charge in [-0.1, -0.05) is 33.3 Å². The van der Waals surface area contributed by atoms with Crippen molar-refractivity contribution in [3.63, 3.8) is 0 Å². The van der Waals surface area contributed by atoms with Crippen LogP contribution in [0.15, 0.2) is 57.3 Å². The molecule has 2 aromatic carbocycles. The molecule has 3 amide bonds. The van der Waals surface area contributed by atoms with Crippen LogP contribution in [-0.4, -0.2) is 41.4 Å². The molecule has 4 rings (SSSR count). The summed E-state index contributed by atoms with van der Waals surface area (Å²) in [5.74, 6) is -1.21. The number of anilines is 2. The molecule has 8 nitrogen and oxygen atoms in total. The van der Waals surface area contributed by atoms with Crippen molar-refractivity contribution in [2.75, 3.05) is 16.8 Å². The van der Waals surface area contributed by atoms with Gasteiger partial charge in [0.25, 0.3) is 11.8 Å². The van der Waals surface area contributed by atoms with E-state index in [1.165, 1.54) is 5.01 Å². The zero-order valence-electron chi connectivity index (χ0n) is 15.8. The van der Waals surface area contributed by atoms with Gasteiger partial charge in [0, 0.05) is 10.2 Å². The first-order chi connectivity index (χ1) is 13.9. The Morgan fingerprint density at radius 3 is 2.55 bits per heavy atom. The summed E-state index contributed by atoms with van der Waals surface area (Å²) in [4.78, 5) is 39.3. The number of imide groups is 1. The lowest BCUT2D eigenvalue weighted by molar-refractivity contribution is -0.123. The molecule has 148 valence electrons. The molecule has 0 bridgehead atoms. The van der Waals surface area contributed by atoms with Crippen LogP contribution < -0.4 is 10.2 Å². The first-order valence-corrected chi connectivity index (χ1v) is 9.83. The van der Waals surface area contributed by atoms with E-state index >= 15 is 0 Å². The zero-order chi connectivity index (χ0) is 20.7. The Kier molecular flexibility index (Phi) is 4.91. The number of hydrogen-bond donors (Lipinski definition) is 1. The molecule has 0 aliphatic carbocycles. The van der Waals surface area contributed by atoms with Gasteiger partial charge in [-0.25, -0.2) is 4.90 Å². The Morgan fingerprint density at radius 1 is 1.10 bits per heavy atom. The van der Waals surface area contributed by atoms with Gasteiger partial charge < -0.3 is 5.32 Å². The molecule has 2 aliphatic heterocycles. The van der Waals surface area contributed by atoms with E-state index in [4.69, 9.17) is 0 Å². The number of fused-ring (bicyclic) bond motifs is 1. The molecule has 2 aliphatic rings. The number of carbonyl (C=O) groups is 3. The monoisotopic (exact) mass is 455 g/mol. The van der Waals surface area contributed by atoms with Crippen LogP contribution in [0.1, 0.15) is 11.1 Å². The number of carbonyl (C=O) groups excluding carboxylic acids is 3. The molecule has 0 spiro atoms. The molecular formula is C20H18BrN5O3. The number of nitrogens with zero attached hydrogens (tertiary/aromatic N) is 4. The third-order valence-corrected chi connectivity index (χ3v) is 5.66. The van der Waals surface area contributed by atoms with Crippen molar-refractivity contribution in [1.82, 2.24) is 5.01 Å². The predicted octanol–water partition coefficient (Wildman–Crippen LogP) is 3.00. The Balaban J connectivity index is 1.49. The van der Waals surface area contributed by atoms with E-state index in [1.807, 2.05) is 32.0 Å².